The molecule has 62 valence electrons. The molecule has 0 aliphatic rings. The topological polar surface area (TPSA) is 49.8 Å². The van der Waals surface area contributed by atoms with E-state index in [1.54, 1.807) is 18.2 Å². The predicted octanol–water partition coefficient (Wildman–Crippen LogP) is 2.23. The van der Waals surface area contributed by atoms with Crippen LogP contribution in [-0.4, -0.2) is 0 Å². The van der Waals surface area contributed by atoms with E-state index in [2.05, 4.69) is 0 Å². The summed E-state index contributed by atoms with van der Waals surface area (Å²) in [7, 11) is 0. The zero-order chi connectivity index (χ0) is 9.14. The predicted molar refractivity (Wildman–Crippen MR) is 48.8 cm³/mol. The maximum atomic E-state index is 8.55. The van der Waals surface area contributed by atoms with Gasteiger partial charge in [-0.25, -0.2) is 0 Å². The van der Waals surface area contributed by atoms with Crippen molar-refractivity contribution in [3.8, 4) is 6.07 Å². The second kappa shape index (κ2) is 3.57. The molecule has 0 fully saturated rings. The van der Waals surface area contributed by atoms with E-state index in [9.17, 15) is 0 Å². The second-order valence-corrected chi connectivity index (χ2v) is 3.04. The van der Waals surface area contributed by atoms with Gasteiger partial charge in [-0.05, 0) is 24.6 Å². The molecule has 0 spiro atoms. The van der Waals surface area contributed by atoms with Crippen molar-refractivity contribution in [2.45, 2.75) is 13.0 Å². The fourth-order valence-electron chi connectivity index (χ4n) is 0.966. The highest BCUT2D eigenvalue weighted by atomic mass is 35.5. The van der Waals surface area contributed by atoms with Gasteiger partial charge in [0, 0.05) is 11.1 Å². The van der Waals surface area contributed by atoms with Crippen LogP contribution in [0.2, 0.25) is 5.02 Å². The quantitative estimate of drug-likeness (QED) is 0.721. The van der Waals surface area contributed by atoms with Crippen molar-refractivity contribution in [2.24, 2.45) is 5.73 Å². The van der Waals surface area contributed by atoms with Gasteiger partial charge in [-0.3, -0.25) is 0 Å². The van der Waals surface area contributed by atoms with E-state index in [0.717, 1.165) is 5.56 Å². The van der Waals surface area contributed by atoms with Crippen LogP contribution in [0, 0.1) is 11.3 Å². The van der Waals surface area contributed by atoms with E-state index in [1.165, 1.54) is 0 Å². The van der Waals surface area contributed by atoms with Crippen molar-refractivity contribution in [1.29, 1.82) is 5.26 Å². The Bertz CT molecular complexity index is 326. The van der Waals surface area contributed by atoms with Crippen LogP contribution in [0.4, 0.5) is 0 Å². The first-order valence-electron chi connectivity index (χ1n) is 3.60. The summed E-state index contributed by atoms with van der Waals surface area (Å²) < 4.78 is 0. The molecule has 0 aliphatic heterocycles. The van der Waals surface area contributed by atoms with E-state index < -0.39 is 0 Å². The highest BCUT2D eigenvalue weighted by molar-refractivity contribution is 6.31. The third kappa shape index (κ3) is 1.76. The van der Waals surface area contributed by atoms with Gasteiger partial charge in [0.2, 0.25) is 0 Å². The minimum absolute atomic E-state index is 0.0924. The maximum absolute atomic E-state index is 8.55. The van der Waals surface area contributed by atoms with Crippen LogP contribution in [-0.2, 0) is 0 Å². The average molecular weight is 181 g/mol. The Morgan fingerprint density at radius 3 is 2.67 bits per heavy atom. The van der Waals surface area contributed by atoms with Crippen molar-refractivity contribution >= 4 is 11.6 Å². The summed E-state index contributed by atoms with van der Waals surface area (Å²) in [6, 6.07) is 7.04. The highest BCUT2D eigenvalue weighted by Gasteiger charge is 2.04. The minimum atomic E-state index is -0.0924. The Balaban J connectivity index is 3.14. The number of nitrogens with two attached hydrogens (primary N) is 1. The molecule has 2 N–H and O–H groups in total. The zero-order valence-electron chi connectivity index (χ0n) is 6.71. The molecule has 3 heteroatoms. The van der Waals surface area contributed by atoms with Crippen LogP contribution >= 0.6 is 11.6 Å². The molecule has 1 rings (SSSR count). The van der Waals surface area contributed by atoms with Crippen LogP contribution in [0.25, 0.3) is 0 Å². The Morgan fingerprint density at radius 2 is 2.25 bits per heavy atom. The summed E-state index contributed by atoms with van der Waals surface area (Å²) in [5.74, 6) is 0. The number of nitriles is 1. The normalized spacial score (nSPS) is 12.2. The van der Waals surface area contributed by atoms with E-state index in [4.69, 9.17) is 22.6 Å². The molecular weight excluding hydrogens is 172 g/mol. The summed E-state index contributed by atoms with van der Waals surface area (Å²) in [5.41, 5.74) is 7.07. The molecule has 1 atom stereocenters. The van der Waals surface area contributed by atoms with Crippen LogP contribution < -0.4 is 5.73 Å². The number of halogens is 1. The lowest BCUT2D eigenvalue weighted by atomic mass is 10.1. The molecule has 2 nitrogen and oxygen atoms in total. The number of hydrogen-bond acceptors (Lipinski definition) is 2. The molecule has 0 amide bonds. The molecule has 0 saturated heterocycles. The van der Waals surface area contributed by atoms with Gasteiger partial charge in [0.1, 0.15) is 0 Å². The molecule has 0 aromatic heterocycles. The lowest BCUT2D eigenvalue weighted by molar-refractivity contribution is 0.818. The van der Waals surface area contributed by atoms with E-state index in [-0.39, 0.29) is 6.04 Å². The van der Waals surface area contributed by atoms with Crippen LogP contribution in [0.15, 0.2) is 18.2 Å². The van der Waals surface area contributed by atoms with Crippen molar-refractivity contribution in [3.63, 3.8) is 0 Å². The van der Waals surface area contributed by atoms with Gasteiger partial charge in [-0.15, -0.1) is 0 Å². The van der Waals surface area contributed by atoms with Gasteiger partial charge in [0.05, 0.1) is 11.6 Å². The van der Waals surface area contributed by atoms with E-state index in [0.29, 0.717) is 10.6 Å². The molecule has 0 radical (unpaired) electrons. The van der Waals surface area contributed by atoms with Crippen molar-refractivity contribution in [1.82, 2.24) is 0 Å². The summed E-state index contributed by atoms with van der Waals surface area (Å²) in [5, 5.41) is 9.11. The van der Waals surface area contributed by atoms with Gasteiger partial charge in [0.15, 0.2) is 0 Å². The van der Waals surface area contributed by atoms with Gasteiger partial charge in [-0.1, -0.05) is 17.7 Å². The van der Waals surface area contributed by atoms with Gasteiger partial charge >= 0.3 is 0 Å². The smallest absolute Gasteiger partial charge is 0.0992 e. The number of hydrogen-bond donors (Lipinski definition) is 1. The van der Waals surface area contributed by atoms with E-state index in [1.807, 2.05) is 13.0 Å². The van der Waals surface area contributed by atoms with Gasteiger partial charge in [0.25, 0.3) is 0 Å². The summed E-state index contributed by atoms with van der Waals surface area (Å²) >= 11 is 5.87. The van der Waals surface area contributed by atoms with Crippen LogP contribution in [0.3, 0.4) is 0 Å². The van der Waals surface area contributed by atoms with Crippen LogP contribution in [0.1, 0.15) is 24.1 Å². The second-order valence-electron chi connectivity index (χ2n) is 2.64. The van der Waals surface area contributed by atoms with Crippen molar-refractivity contribution < 1.29 is 0 Å². The average Bonchev–Trinajstić information content (AvgIpc) is 2.03. The largest absolute Gasteiger partial charge is 0.324 e. The van der Waals surface area contributed by atoms with Crippen LogP contribution in [0.5, 0.6) is 0 Å². The SMILES string of the molecule is CC(N)c1ccc(C#N)cc1Cl. The minimum Gasteiger partial charge on any atom is -0.324 e. The zero-order valence-corrected chi connectivity index (χ0v) is 7.47. The molecule has 0 saturated carbocycles. The number of benzene rings is 1. The lowest BCUT2D eigenvalue weighted by Crippen LogP contribution is -2.05. The fourth-order valence-corrected chi connectivity index (χ4v) is 1.32. The molecule has 12 heavy (non-hydrogen) atoms. The van der Waals surface area contributed by atoms with Crippen molar-refractivity contribution in [3.05, 3.63) is 34.3 Å². The summed E-state index contributed by atoms with van der Waals surface area (Å²) in [4.78, 5) is 0. The van der Waals surface area contributed by atoms with Gasteiger partial charge < -0.3 is 5.73 Å². The summed E-state index contributed by atoms with van der Waals surface area (Å²) in [6.07, 6.45) is 0. The lowest BCUT2D eigenvalue weighted by Gasteiger charge is -2.07. The Kier molecular flexibility index (Phi) is 2.69. The first kappa shape index (κ1) is 9.05. The summed E-state index contributed by atoms with van der Waals surface area (Å²) in [6.45, 7) is 1.85. The first-order valence-corrected chi connectivity index (χ1v) is 3.98. The first-order chi connectivity index (χ1) is 5.65. The third-order valence-corrected chi connectivity index (χ3v) is 1.95. The number of rotatable bonds is 1. The fraction of sp³-hybridized carbons (Fsp3) is 0.222. The third-order valence-electron chi connectivity index (χ3n) is 1.62. The Hall–Kier alpha value is -1.04. The van der Waals surface area contributed by atoms with Crippen molar-refractivity contribution in [2.75, 3.05) is 0 Å². The standard InChI is InChI=1S/C9H9ClN2/c1-6(12)8-3-2-7(5-11)4-9(8)10/h2-4,6H,12H2,1H3. The molecule has 0 bridgehead atoms. The van der Waals surface area contributed by atoms with Gasteiger partial charge in [-0.2, -0.15) is 5.26 Å². The monoisotopic (exact) mass is 180 g/mol. The molecule has 1 aromatic rings. The Morgan fingerprint density at radius 1 is 1.58 bits per heavy atom. The molecule has 0 aliphatic carbocycles. The maximum Gasteiger partial charge on any atom is 0.0992 e. The molecular formula is C9H9ClN2. The van der Waals surface area contributed by atoms with E-state index >= 15 is 0 Å². The molecule has 0 heterocycles. The number of nitrogens with zero attached hydrogens (tertiary/aromatic N) is 1. The highest BCUT2D eigenvalue weighted by Crippen LogP contribution is 2.22. The Labute approximate surface area is 76.6 Å². The molecule has 1 unspecified atom stereocenters. The molecule has 1 aromatic carbocycles.